The molecule has 1 aliphatic rings. The second-order valence-corrected chi connectivity index (χ2v) is 6.99. The molecule has 7 nitrogen and oxygen atoms in total. The number of hydrogen-bond donors (Lipinski definition) is 2. The van der Waals surface area contributed by atoms with Gasteiger partial charge in [0.1, 0.15) is 0 Å². The monoisotopic (exact) mass is 370 g/mol. The lowest BCUT2D eigenvalue weighted by molar-refractivity contribution is -0.904. The van der Waals surface area contributed by atoms with Gasteiger partial charge in [0, 0.05) is 24.4 Å². The van der Waals surface area contributed by atoms with Crippen LogP contribution in [0.1, 0.15) is 38.2 Å². The van der Waals surface area contributed by atoms with Crippen molar-refractivity contribution in [3.63, 3.8) is 0 Å². The maximum atomic E-state index is 12.8. The molecule has 1 fully saturated rings. The topological polar surface area (TPSA) is 94.7 Å². The number of aromatic nitrogens is 2. The Morgan fingerprint density at radius 2 is 1.89 bits per heavy atom. The van der Waals surface area contributed by atoms with E-state index in [2.05, 4.69) is 9.98 Å². The number of nitrogens with one attached hydrogen (secondary N) is 2. The van der Waals surface area contributed by atoms with E-state index in [-0.39, 0.29) is 5.56 Å². The number of likely N-dealkylation sites (tertiary alicyclic amines) is 1. The SMILES string of the molecule is CC(=NCCC[NH+]1CCCCC1)c1c([O-])n(-c2ccccc2)c(=O)[nH]c1=O. The fraction of sp³-hybridized carbons (Fsp3) is 0.450. The second kappa shape index (κ2) is 8.81. The number of quaternary nitrogens is 1. The highest BCUT2D eigenvalue weighted by Gasteiger charge is 2.14. The van der Waals surface area contributed by atoms with Gasteiger partial charge in [-0.1, -0.05) is 18.2 Å². The van der Waals surface area contributed by atoms with E-state index in [0.29, 0.717) is 17.9 Å². The molecule has 0 spiro atoms. The Bertz CT molecular complexity index is 909. The lowest BCUT2D eigenvalue weighted by Gasteiger charge is -2.23. The molecule has 27 heavy (non-hydrogen) atoms. The molecule has 0 bridgehead atoms. The van der Waals surface area contributed by atoms with Gasteiger partial charge in [-0.2, -0.15) is 0 Å². The minimum atomic E-state index is -0.735. The van der Waals surface area contributed by atoms with Crippen molar-refractivity contribution in [2.45, 2.75) is 32.6 Å². The lowest BCUT2D eigenvalue weighted by Crippen LogP contribution is -3.12. The number of nitrogens with zero attached hydrogens (tertiary/aromatic N) is 2. The number of aromatic amines is 1. The van der Waals surface area contributed by atoms with Crippen LogP contribution in [0.2, 0.25) is 0 Å². The van der Waals surface area contributed by atoms with Crippen molar-refractivity contribution in [2.24, 2.45) is 4.99 Å². The van der Waals surface area contributed by atoms with E-state index in [1.165, 1.54) is 32.4 Å². The zero-order valence-corrected chi connectivity index (χ0v) is 15.7. The molecule has 144 valence electrons. The molecule has 0 atom stereocenters. The number of rotatable bonds is 6. The fourth-order valence-corrected chi connectivity index (χ4v) is 3.60. The zero-order chi connectivity index (χ0) is 19.2. The Kier molecular flexibility index (Phi) is 6.24. The van der Waals surface area contributed by atoms with Crippen molar-refractivity contribution < 1.29 is 10.0 Å². The van der Waals surface area contributed by atoms with Crippen LogP contribution in [-0.4, -0.2) is 41.4 Å². The van der Waals surface area contributed by atoms with E-state index in [1.54, 1.807) is 42.2 Å². The van der Waals surface area contributed by atoms with Crippen LogP contribution in [0, 0.1) is 0 Å². The molecule has 2 aromatic rings. The number of aliphatic imine (C=N–C) groups is 1. The Balaban J connectivity index is 1.78. The van der Waals surface area contributed by atoms with Crippen LogP contribution in [0.15, 0.2) is 44.9 Å². The summed E-state index contributed by atoms with van der Waals surface area (Å²) in [7, 11) is 0. The molecule has 1 saturated heterocycles. The van der Waals surface area contributed by atoms with E-state index >= 15 is 0 Å². The minimum absolute atomic E-state index is 0.0660. The van der Waals surface area contributed by atoms with Crippen LogP contribution in [-0.2, 0) is 0 Å². The van der Waals surface area contributed by atoms with Crippen molar-refractivity contribution in [3.05, 3.63) is 56.7 Å². The summed E-state index contributed by atoms with van der Waals surface area (Å²) >= 11 is 0. The molecule has 0 saturated carbocycles. The van der Waals surface area contributed by atoms with Crippen LogP contribution >= 0.6 is 0 Å². The number of hydrogen-bond acceptors (Lipinski definition) is 4. The third-order valence-electron chi connectivity index (χ3n) is 5.04. The van der Waals surface area contributed by atoms with E-state index < -0.39 is 17.1 Å². The summed E-state index contributed by atoms with van der Waals surface area (Å²) in [5.74, 6) is -0.627. The summed E-state index contributed by atoms with van der Waals surface area (Å²) in [5.41, 5.74) is -0.684. The molecule has 0 unspecified atom stereocenters. The molecule has 3 rings (SSSR count). The first-order valence-corrected chi connectivity index (χ1v) is 9.54. The quantitative estimate of drug-likeness (QED) is 0.548. The van der Waals surface area contributed by atoms with Gasteiger partial charge in [0.15, 0.2) is 0 Å². The second-order valence-electron chi connectivity index (χ2n) is 6.99. The number of para-hydroxylation sites is 1. The van der Waals surface area contributed by atoms with Gasteiger partial charge in [0.05, 0.1) is 25.2 Å². The fourth-order valence-electron chi connectivity index (χ4n) is 3.60. The summed E-state index contributed by atoms with van der Waals surface area (Å²) < 4.78 is 0.980. The van der Waals surface area contributed by atoms with Crippen molar-refractivity contribution in [3.8, 4) is 11.6 Å². The van der Waals surface area contributed by atoms with Crippen molar-refractivity contribution in [2.75, 3.05) is 26.2 Å². The molecular formula is C20H26N4O3. The van der Waals surface area contributed by atoms with E-state index in [0.717, 1.165) is 17.5 Å². The summed E-state index contributed by atoms with van der Waals surface area (Å²) in [4.78, 5) is 32.6. The van der Waals surface area contributed by atoms with Gasteiger partial charge in [-0.05, 0) is 44.2 Å². The van der Waals surface area contributed by atoms with Crippen LogP contribution < -0.4 is 21.3 Å². The van der Waals surface area contributed by atoms with Gasteiger partial charge in [0.2, 0.25) is 0 Å². The molecule has 1 aromatic heterocycles. The van der Waals surface area contributed by atoms with E-state index in [1.807, 2.05) is 0 Å². The largest absolute Gasteiger partial charge is 0.859 e. The Morgan fingerprint density at radius 3 is 2.59 bits per heavy atom. The highest BCUT2D eigenvalue weighted by atomic mass is 16.3. The maximum Gasteiger partial charge on any atom is 0.332 e. The Morgan fingerprint density at radius 1 is 1.19 bits per heavy atom. The van der Waals surface area contributed by atoms with Gasteiger partial charge in [-0.25, -0.2) is 4.79 Å². The third kappa shape index (κ3) is 4.54. The van der Waals surface area contributed by atoms with Crippen LogP contribution in [0.3, 0.4) is 0 Å². The minimum Gasteiger partial charge on any atom is -0.859 e. The predicted octanol–water partition coefficient (Wildman–Crippen LogP) is -0.133. The molecule has 0 aliphatic carbocycles. The Hall–Kier alpha value is -2.67. The average molecular weight is 370 g/mol. The summed E-state index contributed by atoms with van der Waals surface area (Å²) in [6, 6.07) is 8.56. The van der Waals surface area contributed by atoms with Crippen molar-refractivity contribution >= 4 is 5.71 Å². The first-order chi connectivity index (χ1) is 13.1. The van der Waals surface area contributed by atoms with E-state index in [4.69, 9.17) is 0 Å². The molecule has 1 aromatic carbocycles. The normalized spacial score (nSPS) is 15.8. The molecule has 7 heteroatoms. The van der Waals surface area contributed by atoms with Crippen LogP contribution in [0.25, 0.3) is 5.69 Å². The van der Waals surface area contributed by atoms with Crippen LogP contribution in [0.4, 0.5) is 0 Å². The first kappa shape index (κ1) is 19.1. The molecule has 0 amide bonds. The Labute approximate surface area is 158 Å². The van der Waals surface area contributed by atoms with Gasteiger partial charge >= 0.3 is 5.69 Å². The highest BCUT2D eigenvalue weighted by Crippen LogP contribution is 2.14. The molecule has 1 aliphatic heterocycles. The van der Waals surface area contributed by atoms with Gasteiger partial charge < -0.3 is 10.0 Å². The molecular weight excluding hydrogens is 344 g/mol. The molecule has 2 heterocycles. The average Bonchev–Trinajstić information content (AvgIpc) is 2.66. The molecule has 2 N–H and O–H groups in total. The van der Waals surface area contributed by atoms with Gasteiger partial charge in [-0.15, -0.1) is 0 Å². The van der Waals surface area contributed by atoms with Crippen molar-refractivity contribution in [1.82, 2.24) is 9.55 Å². The van der Waals surface area contributed by atoms with Gasteiger partial charge in [0.25, 0.3) is 5.56 Å². The summed E-state index contributed by atoms with van der Waals surface area (Å²) in [6.45, 7) is 5.71. The number of benzene rings is 1. The van der Waals surface area contributed by atoms with Crippen LogP contribution in [0.5, 0.6) is 5.88 Å². The first-order valence-electron chi connectivity index (χ1n) is 9.54. The zero-order valence-electron chi connectivity index (χ0n) is 15.7. The summed E-state index contributed by atoms with van der Waals surface area (Å²) in [6.07, 6.45) is 4.81. The lowest BCUT2D eigenvalue weighted by atomic mass is 10.1. The van der Waals surface area contributed by atoms with Gasteiger partial charge in [-0.3, -0.25) is 19.3 Å². The summed E-state index contributed by atoms with van der Waals surface area (Å²) in [5, 5.41) is 12.8. The standard InChI is InChI=1S/C20H26N4O3/c1-15(21-11-8-14-23-12-6-3-7-13-23)17-18(25)22-20(27)24(19(17)26)16-9-4-2-5-10-16/h2,4-5,9-10,26H,3,6-8,11-14H2,1H3,(H,22,25,27). The maximum absolute atomic E-state index is 12.8. The highest BCUT2D eigenvalue weighted by molar-refractivity contribution is 6.00. The smallest absolute Gasteiger partial charge is 0.332 e. The number of piperidine rings is 1. The third-order valence-corrected chi connectivity index (χ3v) is 5.04. The van der Waals surface area contributed by atoms with E-state index in [9.17, 15) is 14.7 Å². The van der Waals surface area contributed by atoms with Crippen molar-refractivity contribution in [1.29, 1.82) is 0 Å². The molecule has 0 radical (unpaired) electrons. The number of H-pyrrole nitrogens is 1. The predicted molar refractivity (Wildman–Crippen MR) is 103 cm³/mol.